The van der Waals surface area contributed by atoms with Crippen LogP contribution in [-0.4, -0.2) is 38.9 Å². The molecule has 0 amide bonds. The van der Waals surface area contributed by atoms with Gasteiger partial charge in [0.15, 0.2) is 5.12 Å². The van der Waals surface area contributed by atoms with Crippen LogP contribution >= 0.6 is 11.8 Å². The van der Waals surface area contributed by atoms with E-state index in [0.29, 0.717) is 24.2 Å². The summed E-state index contributed by atoms with van der Waals surface area (Å²) < 4.78 is 0. The van der Waals surface area contributed by atoms with Crippen molar-refractivity contribution >= 4 is 16.9 Å². The Balaban J connectivity index is 2.51. The number of carbonyl (C=O) groups excluding carboxylic acids is 1. The molecule has 0 spiro atoms. The van der Waals surface area contributed by atoms with E-state index in [-0.39, 0.29) is 11.7 Å². The summed E-state index contributed by atoms with van der Waals surface area (Å²) in [6.07, 6.45) is -0.885. The van der Waals surface area contributed by atoms with Gasteiger partial charge in [0.05, 0.1) is 6.10 Å². The van der Waals surface area contributed by atoms with Crippen LogP contribution in [0.2, 0.25) is 0 Å². The van der Waals surface area contributed by atoms with Gasteiger partial charge in [0, 0.05) is 19.3 Å². The molecule has 0 radical (unpaired) electrons. The average molecular weight is 284 g/mol. The van der Waals surface area contributed by atoms with E-state index in [9.17, 15) is 15.0 Å². The van der Waals surface area contributed by atoms with E-state index in [4.69, 9.17) is 5.11 Å². The third-order valence-corrected chi connectivity index (χ3v) is 3.65. The van der Waals surface area contributed by atoms with Crippen molar-refractivity contribution in [1.82, 2.24) is 0 Å². The molecule has 0 saturated carbocycles. The number of thioether (sulfide) groups is 1. The predicted molar refractivity (Wildman–Crippen MR) is 76.0 cm³/mol. The monoisotopic (exact) mass is 284 g/mol. The lowest BCUT2D eigenvalue weighted by atomic mass is 10.0. The number of aliphatic hydroxyl groups excluding tert-OH is 3. The fourth-order valence-corrected chi connectivity index (χ4v) is 2.36. The normalized spacial score (nSPS) is 14.1. The second kappa shape index (κ2) is 8.32. The maximum atomic E-state index is 10.8. The third-order valence-electron chi connectivity index (χ3n) is 2.81. The van der Waals surface area contributed by atoms with Crippen LogP contribution in [0.5, 0.6) is 0 Å². The van der Waals surface area contributed by atoms with Crippen LogP contribution in [0.15, 0.2) is 24.3 Å². The molecule has 0 fully saturated rings. The Morgan fingerprint density at radius 2 is 1.89 bits per heavy atom. The highest BCUT2D eigenvalue weighted by Crippen LogP contribution is 2.21. The molecule has 5 heteroatoms. The summed E-state index contributed by atoms with van der Waals surface area (Å²) in [4.78, 5) is 10.8. The lowest BCUT2D eigenvalue weighted by molar-refractivity contribution is -0.109. The fourth-order valence-electron chi connectivity index (χ4n) is 1.71. The summed E-state index contributed by atoms with van der Waals surface area (Å²) in [5.41, 5.74) is 1.63. The molecule has 1 rings (SSSR count). The van der Waals surface area contributed by atoms with Gasteiger partial charge in [0.2, 0.25) is 0 Å². The van der Waals surface area contributed by atoms with Crippen molar-refractivity contribution in [2.45, 2.75) is 32.0 Å². The van der Waals surface area contributed by atoms with E-state index in [1.165, 1.54) is 6.92 Å². The molecule has 0 saturated heterocycles. The largest absolute Gasteiger partial charge is 0.396 e. The lowest BCUT2D eigenvalue weighted by Gasteiger charge is -2.18. The molecule has 4 nitrogen and oxygen atoms in total. The molecule has 0 heterocycles. The van der Waals surface area contributed by atoms with Gasteiger partial charge in [0.25, 0.3) is 0 Å². The number of hydrogen-bond acceptors (Lipinski definition) is 5. The second-order valence-corrected chi connectivity index (χ2v) is 5.63. The Morgan fingerprint density at radius 1 is 1.26 bits per heavy atom. The highest BCUT2D eigenvalue weighted by molar-refractivity contribution is 8.13. The minimum absolute atomic E-state index is 0.00930. The van der Waals surface area contributed by atoms with Gasteiger partial charge < -0.3 is 15.3 Å². The molecule has 3 N–H and O–H groups in total. The van der Waals surface area contributed by atoms with Gasteiger partial charge in [-0.3, -0.25) is 4.79 Å². The minimum atomic E-state index is -0.948. The van der Waals surface area contributed by atoms with E-state index in [0.717, 1.165) is 17.3 Å². The summed E-state index contributed by atoms with van der Waals surface area (Å²) in [5, 5.41) is 28.6. The molecule has 0 aliphatic carbocycles. The number of aliphatic hydroxyl groups is 3. The Hall–Kier alpha value is -0.880. The predicted octanol–water partition coefficient (Wildman–Crippen LogP) is 1.29. The summed E-state index contributed by atoms with van der Waals surface area (Å²) in [6, 6.07) is 7.14. The van der Waals surface area contributed by atoms with E-state index in [1.54, 1.807) is 12.1 Å². The first-order valence-electron chi connectivity index (χ1n) is 6.23. The molecule has 106 valence electrons. The van der Waals surface area contributed by atoms with Crippen LogP contribution in [-0.2, 0) is 11.2 Å². The molecule has 0 aromatic heterocycles. The number of hydrogen-bond donors (Lipinski definition) is 3. The summed E-state index contributed by atoms with van der Waals surface area (Å²) in [6.45, 7) is 1.57. The van der Waals surface area contributed by atoms with Gasteiger partial charge in [-0.15, -0.1) is 0 Å². The summed E-state index contributed by atoms with van der Waals surface area (Å²) in [5.74, 6) is 0.496. The van der Waals surface area contributed by atoms with Crippen molar-refractivity contribution < 1.29 is 20.1 Å². The molecule has 0 aliphatic rings. The molecule has 1 aromatic rings. The molecule has 1 aromatic carbocycles. The van der Waals surface area contributed by atoms with Crippen LogP contribution in [0.3, 0.4) is 0 Å². The highest BCUT2D eigenvalue weighted by Gasteiger charge is 2.18. The maximum absolute atomic E-state index is 10.8. The van der Waals surface area contributed by atoms with Crippen LogP contribution in [0.4, 0.5) is 0 Å². The molecule has 2 atom stereocenters. The van der Waals surface area contributed by atoms with E-state index < -0.39 is 12.2 Å². The first kappa shape index (κ1) is 16.2. The third kappa shape index (κ3) is 5.74. The molecule has 0 aliphatic heterocycles. The molecule has 0 bridgehead atoms. The zero-order valence-corrected chi connectivity index (χ0v) is 11.8. The SMILES string of the molecule is CC(=O)SCCC(O)C(O)c1ccc(CCO)cc1. The van der Waals surface area contributed by atoms with Gasteiger partial charge in [-0.1, -0.05) is 36.0 Å². The van der Waals surface area contributed by atoms with Gasteiger partial charge in [-0.25, -0.2) is 0 Å². The quantitative estimate of drug-likeness (QED) is 0.703. The van der Waals surface area contributed by atoms with Gasteiger partial charge in [0.1, 0.15) is 6.10 Å². The van der Waals surface area contributed by atoms with Crippen molar-refractivity contribution in [3.63, 3.8) is 0 Å². The van der Waals surface area contributed by atoms with E-state index in [1.807, 2.05) is 12.1 Å². The second-order valence-electron chi connectivity index (χ2n) is 4.36. The van der Waals surface area contributed by atoms with Crippen molar-refractivity contribution in [3.05, 3.63) is 35.4 Å². The maximum Gasteiger partial charge on any atom is 0.185 e. The van der Waals surface area contributed by atoms with E-state index in [2.05, 4.69) is 0 Å². The number of rotatable bonds is 7. The zero-order chi connectivity index (χ0) is 14.3. The molecule has 2 unspecified atom stereocenters. The first-order chi connectivity index (χ1) is 9.04. The van der Waals surface area contributed by atoms with Gasteiger partial charge in [-0.2, -0.15) is 0 Å². The summed E-state index contributed by atoms with van der Waals surface area (Å²) >= 11 is 1.14. The Labute approximate surface area is 117 Å². The lowest BCUT2D eigenvalue weighted by Crippen LogP contribution is -2.19. The van der Waals surface area contributed by atoms with Crippen molar-refractivity contribution in [2.24, 2.45) is 0 Å². The Kier molecular flexibility index (Phi) is 7.09. The van der Waals surface area contributed by atoms with E-state index >= 15 is 0 Å². The number of carbonyl (C=O) groups is 1. The van der Waals surface area contributed by atoms with Crippen molar-refractivity contribution in [2.75, 3.05) is 12.4 Å². The summed E-state index contributed by atoms with van der Waals surface area (Å²) in [7, 11) is 0. The van der Waals surface area contributed by atoms with Crippen LogP contribution in [0.1, 0.15) is 30.6 Å². The molecule has 19 heavy (non-hydrogen) atoms. The van der Waals surface area contributed by atoms with Crippen molar-refractivity contribution in [3.8, 4) is 0 Å². The smallest absolute Gasteiger partial charge is 0.185 e. The Morgan fingerprint density at radius 3 is 2.42 bits per heavy atom. The molecular weight excluding hydrogens is 264 g/mol. The minimum Gasteiger partial charge on any atom is -0.396 e. The van der Waals surface area contributed by atoms with Crippen LogP contribution in [0, 0.1) is 0 Å². The van der Waals surface area contributed by atoms with Gasteiger partial charge >= 0.3 is 0 Å². The van der Waals surface area contributed by atoms with Gasteiger partial charge in [-0.05, 0) is 24.0 Å². The average Bonchev–Trinajstić information content (AvgIpc) is 2.38. The van der Waals surface area contributed by atoms with Crippen molar-refractivity contribution in [1.29, 1.82) is 0 Å². The number of benzene rings is 1. The fraction of sp³-hybridized carbons (Fsp3) is 0.500. The highest BCUT2D eigenvalue weighted by atomic mass is 32.2. The van der Waals surface area contributed by atoms with Crippen LogP contribution in [0.25, 0.3) is 0 Å². The first-order valence-corrected chi connectivity index (χ1v) is 7.22. The topological polar surface area (TPSA) is 77.8 Å². The standard InChI is InChI=1S/C14H20O4S/c1-10(16)19-9-7-13(17)14(18)12-4-2-11(3-5-12)6-8-15/h2-5,13-15,17-18H,6-9H2,1H3. The molecular formula is C14H20O4S. The zero-order valence-electron chi connectivity index (χ0n) is 11.0. The Bertz CT molecular complexity index is 391. The van der Waals surface area contributed by atoms with Crippen LogP contribution < -0.4 is 0 Å².